The van der Waals surface area contributed by atoms with E-state index in [4.69, 9.17) is 5.11 Å². The van der Waals surface area contributed by atoms with Gasteiger partial charge in [-0.2, -0.15) is 0 Å². The van der Waals surface area contributed by atoms with Gasteiger partial charge in [-0.3, -0.25) is 4.68 Å². The Kier molecular flexibility index (Phi) is 2.23. The number of nitrogens with zero attached hydrogens (tertiary/aromatic N) is 3. The number of rotatable bonds is 2. The monoisotopic (exact) mass is 167 g/mol. The minimum Gasteiger partial charge on any atom is -0.478 e. The molecule has 12 heavy (non-hydrogen) atoms. The summed E-state index contributed by atoms with van der Waals surface area (Å²) >= 11 is 0. The SMILES string of the molecule is C/C(=C\c1cn(C)nn1)C(=O)O. The lowest BCUT2D eigenvalue weighted by Crippen LogP contribution is -1.95. The van der Waals surface area contributed by atoms with Gasteiger partial charge in [0, 0.05) is 12.6 Å². The topological polar surface area (TPSA) is 68.0 Å². The molecule has 0 saturated carbocycles. The molecule has 0 unspecified atom stereocenters. The third-order valence-electron chi connectivity index (χ3n) is 1.32. The molecule has 1 aromatic rings. The predicted molar refractivity (Wildman–Crippen MR) is 42.3 cm³/mol. The second-order valence-corrected chi connectivity index (χ2v) is 2.45. The maximum Gasteiger partial charge on any atom is 0.331 e. The van der Waals surface area contributed by atoms with Gasteiger partial charge in [0.15, 0.2) is 0 Å². The normalized spacial score (nSPS) is 11.7. The van der Waals surface area contributed by atoms with E-state index < -0.39 is 5.97 Å². The van der Waals surface area contributed by atoms with E-state index in [0.29, 0.717) is 5.69 Å². The molecule has 5 nitrogen and oxygen atoms in total. The van der Waals surface area contributed by atoms with Gasteiger partial charge in [0.2, 0.25) is 0 Å². The molecule has 0 aliphatic heterocycles. The molecule has 0 fully saturated rings. The van der Waals surface area contributed by atoms with Crippen LogP contribution in [0, 0.1) is 0 Å². The average molecular weight is 167 g/mol. The summed E-state index contributed by atoms with van der Waals surface area (Å²) < 4.78 is 1.51. The van der Waals surface area contributed by atoms with Crippen LogP contribution in [0.2, 0.25) is 0 Å². The van der Waals surface area contributed by atoms with Crippen LogP contribution in [-0.4, -0.2) is 26.1 Å². The summed E-state index contributed by atoms with van der Waals surface area (Å²) in [5.41, 5.74) is 0.799. The molecular weight excluding hydrogens is 158 g/mol. The summed E-state index contributed by atoms with van der Waals surface area (Å²) in [5, 5.41) is 15.9. The Morgan fingerprint density at radius 3 is 2.83 bits per heavy atom. The molecule has 0 saturated heterocycles. The van der Waals surface area contributed by atoms with Crippen LogP contribution in [0.5, 0.6) is 0 Å². The third kappa shape index (κ3) is 1.91. The van der Waals surface area contributed by atoms with Gasteiger partial charge in [-0.15, -0.1) is 5.10 Å². The van der Waals surface area contributed by atoms with Crippen molar-refractivity contribution in [2.45, 2.75) is 6.92 Å². The Bertz CT molecular complexity index is 327. The molecule has 0 amide bonds. The van der Waals surface area contributed by atoms with Crippen LogP contribution in [0.15, 0.2) is 11.8 Å². The molecule has 64 valence electrons. The first kappa shape index (κ1) is 8.45. The molecule has 1 heterocycles. The molecule has 0 radical (unpaired) electrons. The van der Waals surface area contributed by atoms with Gasteiger partial charge < -0.3 is 5.11 Å². The summed E-state index contributed by atoms with van der Waals surface area (Å²) in [7, 11) is 1.72. The lowest BCUT2D eigenvalue weighted by Gasteiger charge is -1.88. The highest BCUT2D eigenvalue weighted by Gasteiger charge is 2.01. The van der Waals surface area contributed by atoms with Gasteiger partial charge in [0.05, 0.1) is 6.20 Å². The predicted octanol–water partition coefficient (Wildman–Crippen LogP) is 0.303. The van der Waals surface area contributed by atoms with E-state index in [1.54, 1.807) is 13.2 Å². The van der Waals surface area contributed by atoms with Gasteiger partial charge in [-0.25, -0.2) is 4.79 Å². The highest BCUT2D eigenvalue weighted by Crippen LogP contribution is 2.01. The highest BCUT2D eigenvalue weighted by atomic mass is 16.4. The molecule has 1 aromatic heterocycles. The lowest BCUT2D eigenvalue weighted by atomic mass is 10.2. The zero-order valence-electron chi connectivity index (χ0n) is 6.85. The summed E-state index contributed by atoms with van der Waals surface area (Å²) in [6.07, 6.45) is 3.11. The quantitative estimate of drug-likeness (QED) is 0.643. The zero-order valence-corrected chi connectivity index (χ0v) is 6.85. The minimum atomic E-state index is -0.944. The fourth-order valence-corrected chi connectivity index (χ4v) is 0.715. The molecule has 1 N–H and O–H groups in total. The van der Waals surface area contributed by atoms with E-state index in [-0.39, 0.29) is 5.57 Å². The van der Waals surface area contributed by atoms with E-state index in [2.05, 4.69) is 10.3 Å². The van der Waals surface area contributed by atoms with Gasteiger partial charge >= 0.3 is 5.97 Å². The van der Waals surface area contributed by atoms with Crippen LogP contribution in [0.1, 0.15) is 12.6 Å². The van der Waals surface area contributed by atoms with Crippen molar-refractivity contribution in [3.8, 4) is 0 Å². The Morgan fingerprint density at radius 2 is 2.42 bits per heavy atom. The number of carboxylic acids is 1. The molecule has 0 atom stereocenters. The van der Waals surface area contributed by atoms with Gasteiger partial charge in [-0.05, 0) is 13.0 Å². The minimum absolute atomic E-state index is 0.246. The van der Waals surface area contributed by atoms with Crippen molar-refractivity contribution in [1.82, 2.24) is 15.0 Å². The van der Waals surface area contributed by atoms with Crippen molar-refractivity contribution in [3.63, 3.8) is 0 Å². The van der Waals surface area contributed by atoms with Crippen molar-refractivity contribution in [3.05, 3.63) is 17.5 Å². The molecule has 0 aliphatic carbocycles. The number of aryl methyl sites for hydroxylation is 1. The zero-order chi connectivity index (χ0) is 9.14. The van der Waals surface area contributed by atoms with Crippen molar-refractivity contribution >= 4 is 12.0 Å². The van der Waals surface area contributed by atoms with Crippen LogP contribution < -0.4 is 0 Å². The third-order valence-corrected chi connectivity index (χ3v) is 1.32. The standard InChI is InChI=1S/C7H9N3O2/c1-5(7(11)12)3-6-4-10(2)9-8-6/h3-4H,1-2H3,(H,11,12)/b5-3+. The Labute approximate surface area is 69.3 Å². The number of aliphatic carboxylic acids is 1. The van der Waals surface area contributed by atoms with Crippen molar-refractivity contribution in [2.24, 2.45) is 7.05 Å². The number of hydrogen-bond acceptors (Lipinski definition) is 3. The smallest absolute Gasteiger partial charge is 0.331 e. The molecular formula is C7H9N3O2. The molecule has 5 heteroatoms. The number of carboxylic acid groups (broad SMARTS) is 1. The fraction of sp³-hybridized carbons (Fsp3) is 0.286. The Balaban J connectivity index is 2.87. The number of hydrogen-bond donors (Lipinski definition) is 1. The first-order valence-electron chi connectivity index (χ1n) is 3.37. The van der Waals surface area contributed by atoms with Crippen molar-refractivity contribution in [2.75, 3.05) is 0 Å². The van der Waals surface area contributed by atoms with E-state index in [9.17, 15) is 4.79 Å². The van der Waals surface area contributed by atoms with E-state index in [1.807, 2.05) is 0 Å². The molecule has 1 rings (SSSR count). The second-order valence-electron chi connectivity index (χ2n) is 2.45. The first-order valence-corrected chi connectivity index (χ1v) is 3.37. The van der Waals surface area contributed by atoms with Crippen LogP contribution >= 0.6 is 0 Å². The lowest BCUT2D eigenvalue weighted by molar-refractivity contribution is -0.132. The summed E-state index contributed by atoms with van der Waals surface area (Å²) in [6, 6.07) is 0. The summed E-state index contributed by atoms with van der Waals surface area (Å²) in [6.45, 7) is 1.51. The molecule has 0 aromatic carbocycles. The molecule has 0 spiro atoms. The first-order chi connectivity index (χ1) is 5.59. The van der Waals surface area contributed by atoms with E-state index in [1.165, 1.54) is 17.7 Å². The maximum atomic E-state index is 10.4. The second kappa shape index (κ2) is 3.17. The van der Waals surface area contributed by atoms with Gasteiger partial charge in [-0.1, -0.05) is 5.21 Å². The molecule has 0 aliphatic rings. The van der Waals surface area contributed by atoms with Gasteiger partial charge in [0.1, 0.15) is 5.69 Å². The van der Waals surface area contributed by atoms with E-state index >= 15 is 0 Å². The summed E-state index contributed by atoms with van der Waals surface area (Å²) in [5.74, 6) is -0.944. The maximum absolute atomic E-state index is 10.4. The highest BCUT2D eigenvalue weighted by molar-refractivity contribution is 5.90. The van der Waals surface area contributed by atoms with Crippen LogP contribution in [-0.2, 0) is 11.8 Å². The van der Waals surface area contributed by atoms with Crippen molar-refractivity contribution in [1.29, 1.82) is 0 Å². The summed E-state index contributed by atoms with van der Waals surface area (Å²) in [4.78, 5) is 10.4. The Morgan fingerprint density at radius 1 is 1.75 bits per heavy atom. The van der Waals surface area contributed by atoms with E-state index in [0.717, 1.165) is 0 Å². The van der Waals surface area contributed by atoms with Crippen LogP contribution in [0.25, 0.3) is 6.08 Å². The van der Waals surface area contributed by atoms with Crippen LogP contribution in [0.4, 0.5) is 0 Å². The molecule has 0 bridgehead atoms. The number of carbonyl (C=O) groups is 1. The number of aromatic nitrogens is 3. The van der Waals surface area contributed by atoms with Gasteiger partial charge in [0.25, 0.3) is 0 Å². The largest absolute Gasteiger partial charge is 0.478 e. The average Bonchev–Trinajstić information content (AvgIpc) is 2.35. The van der Waals surface area contributed by atoms with Crippen molar-refractivity contribution < 1.29 is 9.90 Å². The van der Waals surface area contributed by atoms with Crippen LogP contribution in [0.3, 0.4) is 0 Å². The Hall–Kier alpha value is -1.65. The fourth-order valence-electron chi connectivity index (χ4n) is 0.715.